The molecule has 0 saturated heterocycles. The van der Waals surface area contributed by atoms with E-state index in [-0.39, 0.29) is 0 Å². The lowest BCUT2D eigenvalue weighted by molar-refractivity contribution is 0.477. The second-order valence-corrected chi connectivity index (χ2v) is 4.73. The molecule has 0 unspecified atom stereocenters. The number of hydrogen-bond donors (Lipinski definition) is 1. The van der Waals surface area contributed by atoms with Crippen LogP contribution < -0.4 is 0 Å². The SMILES string of the molecule is CCc1cc2ccccc2cc1-c1ccccc1O. The van der Waals surface area contributed by atoms with Gasteiger partial charge in [0.05, 0.1) is 0 Å². The molecule has 0 aromatic heterocycles. The fourth-order valence-corrected chi connectivity index (χ4v) is 2.53. The summed E-state index contributed by atoms with van der Waals surface area (Å²) in [6.07, 6.45) is 0.953. The highest BCUT2D eigenvalue weighted by Crippen LogP contribution is 2.34. The van der Waals surface area contributed by atoms with Crippen molar-refractivity contribution in [2.75, 3.05) is 0 Å². The quantitative estimate of drug-likeness (QED) is 0.692. The summed E-state index contributed by atoms with van der Waals surface area (Å²) in [5.41, 5.74) is 3.30. The number of para-hydroxylation sites is 1. The first-order chi connectivity index (χ1) is 9.29. The van der Waals surface area contributed by atoms with Crippen molar-refractivity contribution < 1.29 is 5.11 Å². The van der Waals surface area contributed by atoms with Gasteiger partial charge < -0.3 is 5.11 Å². The number of phenols is 1. The summed E-state index contributed by atoms with van der Waals surface area (Å²) in [5, 5.41) is 12.5. The minimum atomic E-state index is 0.340. The van der Waals surface area contributed by atoms with Crippen LogP contribution in [0, 0.1) is 0 Å². The Hall–Kier alpha value is -2.28. The summed E-state index contributed by atoms with van der Waals surface area (Å²) < 4.78 is 0. The molecule has 3 aromatic carbocycles. The highest BCUT2D eigenvalue weighted by molar-refractivity contribution is 5.90. The summed E-state index contributed by atoms with van der Waals surface area (Å²) in [5.74, 6) is 0.340. The fourth-order valence-electron chi connectivity index (χ4n) is 2.53. The standard InChI is InChI=1S/C18H16O/c1-2-13-11-14-7-3-4-8-15(14)12-17(13)16-9-5-6-10-18(16)19/h3-12,19H,2H2,1H3. The molecule has 0 fully saturated rings. The zero-order valence-electron chi connectivity index (χ0n) is 10.9. The lowest BCUT2D eigenvalue weighted by Crippen LogP contribution is -1.89. The number of benzene rings is 3. The van der Waals surface area contributed by atoms with Gasteiger partial charge in [-0.25, -0.2) is 0 Å². The maximum Gasteiger partial charge on any atom is 0.123 e. The van der Waals surface area contributed by atoms with Gasteiger partial charge in [0.15, 0.2) is 0 Å². The number of phenolic OH excluding ortho intramolecular Hbond substituents is 1. The van der Waals surface area contributed by atoms with Gasteiger partial charge in [-0.1, -0.05) is 55.5 Å². The van der Waals surface area contributed by atoms with Crippen LogP contribution in [-0.2, 0) is 6.42 Å². The Labute approximate surface area is 113 Å². The van der Waals surface area contributed by atoms with Crippen LogP contribution in [0.25, 0.3) is 21.9 Å². The van der Waals surface area contributed by atoms with Gasteiger partial charge in [0.1, 0.15) is 5.75 Å². The largest absolute Gasteiger partial charge is 0.507 e. The summed E-state index contributed by atoms with van der Waals surface area (Å²) >= 11 is 0. The molecule has 0 aliphatic rings. The van der Waals surface area contributed by atoms with Crippen LogP contribution in [0.2, 0.25) is 0 Å². The van der Waals surface area contributed by atoms with Crippen LogP contribution in [0.1, 0.15) is 12.5 Å². The third-order valence-corrected chi connectivity index (χ3v) is 3.55. The molecule has 3 aromatic rings. The lowest BCUT2D eigenvalue weighted by Gasteiger charge is -2.12. The van der Waals surface area contributed by atoms with E-state index in [2.05, 4.69) is 37.3 Å². The maximum absolute atomic E-state index is 10.1. The molecule has 1 N–H and O–H groups in total. The van der Waals surface area contributed by atoms with Gasteiger partial charge in [-0.05, 0) is 40.5 Å². The number of fused-ring (bicyclic) bond motifs is 1. The summed E-state index contributed by atoms with van der Waals surface area (Å²) in [7, 11) is 0. The number of hydrogen-bond acceptors (Lipinski definition) is 1. The normalized spacial score (nSPS) is 10.8. The molecule has 0 bridgehead atoms. The molecule has 0 atom stereocenters. The van der Waals surface area contributed by atoms with Crippen molar-refractivity contribution in [1.82, 2.24) is 0 Å². The first-order valence-corrected chi connectivity index (χ1v) is 6.59. The summed E-state index contributed by atoms with van der Waals surface area (Å²) in [6.45, 7) is 2.15. The van der Waals surface area contributed by atoms with Crippen molar-refractivity contribution in [3.8, 4) is 16.9 Å². The molecule has 0 aliphatic carbocycles. The van der Waals surface area contributed by atoms with Crippen molar-refractivity contribution in [2.45, 2.75) is 13.3 Å². The van der Waals surface area contributed by atoms with Crippen LogP contribution in [0.15, 0.2) is 60.7 Å². The average Bonchev–Trinajstić information content (AvgIpc) is 2.46. The van der Waals surface area contributed by atoms with E-state index in [1.165, 1.54) is 16.3 Å². The molecule has 94 valence electrons. The van der Waals surface area contributed by atoms with Gasteiger partial charge >= 0.3 is 0 Å². The summed E-state index contributed by atoms with van der Waals surface area (Å²) in [4.78, 5) is 0. The van der Waals surface area contributed by atoms with Crippen LogP contribution >= 0.6 is 0 Å². The Balaban J connectivity index is 2.31. The Morgan fingerprint density at radius 2 is 1.42 bits per heavy atom. The van der Waals surface area contributed by atoms with Gasteiger partial charge in [0.25, 0.3) is 0 Å². The average molecular weight is 248 g/mol. The van der Waals surface area contributed by atoms with Crippen molar-refractivity contribution in [1.29, 1.82) is 0 Å². The Kier molecular flexibility index (Phi) is 2.96. The molecule has 1 nitrogen and oxygen atoms in total. The van der Waals surface area contributed by atoms with E-state index in [1.54, 1.807) is 6.07 Å². The van der Waals surface area contributed by atoms with Crippen LogP contribution in [0.3, 0.4) is 0 Å². The van der Waals surface area contributed by atoms with Crippen LogP contribution in [0.5, 0.6) is 5.75 Å². The molecule has 1 heteroatoms. The third kappa shape index (κ3) is 2.08. The molecule has 0 aliphatic heterocycles. The Morgan fingerprint density at radius 1 is 0.789 bits per heavy atom. The monoisotopic (exact) mass is 248 g/mol. The number of aromatic hydroxyl groups is 1. The van der Waals surface area contributed by atoms with E-state index < -0.39 is 0 Å². The molecular weight excluding hydrogens is 232 g/mol. The minimum absolute atomic E-state index is 0.340. The highest BCUT2D eigenvalue weighted by atomic mass is 16.3. The number of rotatable bonds is 2. The van der Waals surface area contributed by atoms with E-state index in [9.17, 15) is 5.11 Å². The molecule has 3 rings (SSSR count). The van der Waals surface area contributed by atoms with Gasteiger partial charge in [-0.3, -0.25) is 0 Å². The van der Waals surface area contributed by atoms with Crippen molar-refractivity contribution in [2.24, 2.45) is 0 Å². The van der Waals surface area contributed by atoms with Gasteiger partial charge in [-0.2, -0.15) is 0 Å². The molecular formula is C18H16O. The predicted octanol–water partition coefficient (Wildman–Crippen LogP) is 4.77. The molecule has 0 heterocycles. The van der Waals surface area contributed by atoms with E-state index in [4.69, 9.17) is 0 Å². The first-order valence-electron chi connectivity index (χ1n) is 6.59. The maximum atomic E-state index is 10.1. The third-order valence-electron chi connectivity index (χ3n) is 3.55. The summed E-state index contributed by atoms with van der Waals surface area (Å²) in [6, 6.07) is 20.3. The van der Waals surface area contributed by atoms with E-state index in [1.807, 2.05) is 24.3 Å². The smallest absolute Gasteiger partial charge is 0.123 e. The number of aryl methyl sites for hydroxylation is 1. The first kappa shape index (κ1) is 11.8. The van der Waals surface area contributed by atoms with Crippen molar-refractivity contribution in [3.63, 3.8) is 0 Å². The second kappa shape index (κ2) is 4.77. The second-order valence-electron chi connectivity index (χ2n) is 4.73. The minimum Gasteiger partial charge on any atom is -0.507 e. The van der Waals surface area contributed by atoms with E-state index in [0.29, 0.717) is 5.75 Å². The van der Waals surface area contributed by atoms with Crippen molar-refractivity contribution >= 4 is 10.8 Å². The molecule has 0 amide bonds. The molecule has 0 saturated carbocycles. The Bertz CT molecular complexity index is 729. The van der Waals surface area contributed by atoms with Crippen molar-refractivity contribution in [3.05, 3.63) is 66.2 Å². The highest BCUT2D eigenvalue weighted by Gasteiger charge is 2.09. The van der Waals surface area contributed by atoms with Gasteiger partial charge in [0.2, 0.25) is 0 Å². The van der Waals surface area contributed by atoms with Crippen LogP contribution in [-0.4, -0.2) is 5.11 Å². The lowest BCUT2D eigenvalue weighted by atomic mass is 9.94. The van der Waals surface area contributed by atoms with E-state index in [0.717, 1.165) is 17.5 Å². The zero-order chi connectivity index (χ0) is 13.2. The predicted molar refractivity (Wildman–Crippen MR) is 80.4 cm³/mol. The molecule has 0 spiro atoms. The molecule has 0 radical (unpaired) electrons. The van der Waals surface area contributed by atoms with E-state index >= 15 is 0 Å². The topological polar surface area (TPSA) is 20.2 Å². The van der Waals surface area contributed by atoms with Gasteiger partial charge in [-0.15, -0.1) is 0 Å². The fraction of sp³-hybridized carbons (Fsp3) is 0.111. The van der Waals surface area contributed by atoms with Crippen LogP contribution in [0.4, 0.5) is 0 Å². The molecule has 19 heavy (non-hydrogen) atoms. The van der Waals surface area contributed by atoms with Gasteiger partial charge in [0, 0.05) is 5.56 Å². The zero-order valence-corrected chi connectivity index (χ0v) is 10.9. The Morgan fingerprint density at radius 3 is 2.11 bits per heavy atom.